The van der Waals surface area contributed by atoms with Crippen molar-refractivity contribution in [1.82, 2.24) is 10.3 Å². The number of hydrogen-bond acceptors (Lipinski definition) is 5. The van der Waals surface area contributed by atoms with E-state index in [0.29, 0.717) is 12.2 Å². The van der Waals surface area contributed by atoms with E-state index in [1.807, 2.05) is 0 Å². The van der Waals surface area contributed by atoms with Gasteiger partial charge in [0, 0.05) is 22.6 Å². The molecule has 0 bridgehead atoms. The van der Waals surface area contributed by atoms with Crippen LogP contribution in [0, 0.1) is 5.82 Å². The molecule has 0 radical (unpaired) electrons. The second-order valence-corrected chi connectivity index (χ2v) is 6.76. The van der Waals surface area contributed by atoms with E-state index in [1.54, 1.807) is 23.2 Å². The summed E-state index contributed by atoms with van der Waals surface area (Å²) >= 11 is 3.05. The molecule has 22 heavy (non-hydrogen) atoms. The number of nitrogens with two attached hydrogens (primary N) is 1. The average Bonchev–Trinajstić information content (AvgIpc) is 2.97. The van der Waals surface area contributed by atoms with Crippen LogP contribution in [-0.4, -0.2) is 16.6 Å². The van der Waals surface area contributed by atoms with Crippen LogP contribution >= 0.6 is 35.5 Å². The van der Waals surface area contributed by atoms with Crippen molar-refractivity contribution in [2.75, 3.05) is 5.75 Å². The molecule has 1 aromatic carbocycles. The van der Waals surface area contributed by atoms with Crippen molar-refractivity contribution < 1.29 is 9.18 Å². The highest BCUT2D eigenvalue weighted by Gasteiger charge is 2.24. The molecule has 2 heterocycles. The Morgan fingerprint density at radius 2 is 2.32 bits per heavy atom. The van der Waals surface area contributed by atoms with E-state index < -0.39 is 0 Å². The van der Waals surface area contributed by atoms with Crippen LogP contribution in [0.2, 0.25) is 0 Å². The SMILES string of the molecule is Cl.NCc1nc(C(=O)NC2CCSc3ccc(F)cc32)cs1. The second kappa shape index (κ2) is 7.41. The summed E-state index contributed by atoms with van der Waals surface area (Å²) in [6.45, 7) is 0.325. The van der Waals surface area contributed by atoms with Gasteiger partial charge in [-0.05, 0) is 30.2 Å². The van der Waals surface area contributed by atoms with E-state index in [2.05, 4.69) is 10.3 Å². The van der Waals surface area contributed by atoms with Crippen LogP contribution in [0.25, 0.3) is 0 Å². The largest absolute Gasteiger partial charge is 0.344 e. The number of amides is 1. The van der Waals surface area contributed by atoms with Crippen LogP contribution in [-0.2, 0) is 6.54 Å². The van der Waals surface area contributed by atoms with Crippen LogP contribution in [0.1, 0.15) is 33.5 Å². The molecular weight excluding hydrogens is 345 g/mol. The summed E-state index contributed by atoms with van der Waals surface area (Å²) in [4.78, 5) is 17.4. The summed E-state index contributed by atoms with van der Waals surface area (Å²) in [6.07, 6.45) is 0.779. The lowest BCUT2D eigenvalue weighted by Gasteiger charge is -2.25. The summed E-state index contributed by atoms with van der Waals surface area (Å²) in [5, 5.41) is 5.36. The molecule has 1 atom stereocenters. The molecule has 1 aliphatic heterocycles. The van der Waals surface area contributed by atoms with Crippen molar-refractivity contribution in [3.63, 3.8) is 0 Å². The fourth-order valence-electron chi connectivity index (χ4n) is 2.26. The molecule has 0 aliphatic carbocycles. The predicted octanol–water partition coefficient (Wildman–Crippen LogP) is 3.13. The van der Waals surface area contributed by atoms with E-state index >= 15 is 0 Å². The number of fused-ring (bicyclic) bond motifs is 1. The standard InChI is InChI=1S/C14H14FN3OS2.ClH/c15-8-1-2-12-9(5-8)10(3-4-20-12)18-14(19)11-7-21-13(6-16)17-11;/h1-2,5,7,10H,3-4,6,16H2,(H,18,19);1H. The normalized spacial score (nSPS) is 16.5. The summed E-state index contributed by atoms with van der Waals surface area (Å²) in [6, 6.07) is 4.54. The number of nitrogens with zero attached hydrogens (tertiary/aromatic N) is 1. The number of carbonyl (C=O) groups is 1. The molecule has 3 rings (SSSR count). The van der Waals surface area contributed by atoms with Gasteiger partial charge in [0.15, 0.2) is 0 Å². The minimum Gasteiger partial charge on any atom is -0.344 e. The van der Waals surface area contributed by atoms with Gasteiger partial charge in [0.1, 0.15) is 16.5 Å². The van der Waals surface area contributed by atoms with E-state index in [1.165, 1.54) is 23.5 Å². The number of thioether (sulfide) groups is 1. The predicted molar refractivity (Wildman–Crippen MR) is 89.2 cm³/mol. The topological polar surface area (TPSA) is 68.0 Å². The number of hydrogen-bond donors (Lipinski definition) is 2. The third kappa shape index (κ3) is 3.60. The Kier molecular flexibility index (Phi) is 5.80. The molecule has 2 aromatic rings. The number of rotatable bonds is 3. The summed E-state index contributed by atoms with van der Waals surface area (Å²) < 4.78 is 13.4. The lowest BCUT2D eigenvalue weighted by molar-refractivity contribution is 0.0930. The zero-order valence-corrected chi connectivity index (χ0v) is 14.0. The monoisotopic (exact) mass is 359 g/mol. The Bertz CT molecular complexity index is 680. The number of nitrogens with one attached hydrogen (secondary N) is 1. The Morgan fingerprint density at radius 1 is 1.50 bits per heavy atom. The molecule has 1 aromatic heterocycles. The molecule has 4 nitrogen and oxygen atoms in total. The maximum atomic E-state index is 13.4. The van der Waals surface area contributed by atoms with Crippen LogP contribution in [0.4, 0.5) is 4.39 Å². The molecule has 8 heteroatoms. The zero-order chi connectivity index (χ0) is 14.8. The molecule has 3 N–H and O–H groups in total. The first-order valence-electron chi connectivity index (χ1n) is 6.55. The molecule has 0 saturated heterocycles. The maximum Gasteiger partial charge on any atom is 0.271 e. The van der Waals surface area contributed by atoms with Crippen molar-refractivity contribution in [3.8, 4) is 0 Å². The highest BCUT2D eigenvalue weighted by atomic mass is 35.5. The van der Waals surface area contributed by atoms with Gasteiger partial charge in [-0.15, -0.1) is 35.5 Å². The van der Waals surface area contributed by atoms with Gasteiger partial charge in [-0.3, -0.25) is 4.79 Å². The van der Waals surface area contributed by atoms with Gasteiger partial charge >= 0.3 is 0 Å². The summed E-state index contributed by atoms with van der Waals surface area (Å²) in [5.74, 6) is 0.377. The Morgan fingerprint density at radius 3 is 3.05 bits per heavy atom. The van der Waals surface area contributed by atoms with E-state index in [-0.39, 0.29) is 30.2 Å². The maximum absolute atomic E-state index is 13.4. The third-order valence-electron chi connectivity index (χ3n) is 3.28. The van der Waals surface area contributed by atoms with Crippen molar-refractivity contribution in [2.45, 2.75) is 23.9 Å². The Labute approximate surface area is 142 Å². The molecule has 1 unspecified atom stereocenters. The fourth-order valence-corrected chi connectivity index (χ4v) is 4.02. The summed E-state index contributed by atoms with van der Waals surface area (Å²) in [5.41, 5.74) is 6.71. The number of halogens is 2. The van der Waals surface area contributed by atoms with Crippen LogP contribution < -0.4 is 11.1 Å². The van der Waals surface area contributed by atoms with Crippen molar-refractivity contribution in [2.24, 2.45) is 5.73 Å². The van der Waals surface area contributed by atoms with Crippen LogP contribution in [0.3, 0.4) is 0 Å². The lowest BCUT2D eigenvalue weighted by atomic mass is 10.0. The molecule has 1 aliphatic rings. The van der Waals surface area contributed by atoms with E-state index in [0.717, 1.165) is 27.6 Å². The van der Waals surface area contributed by atoms with Gasteiger partial charge in [0.05, 0.1) is 6.04 Å². The first-order valence-corrected chi connectivity index (χ1v) is 8.41. The highest BCUT2D eigenvalue weighted by Crippen LogP contribution is 2.36. The average molecular weight is 360 g/mol. The van der Waals surface area contributed by atoms with Crippen LogP contribution in [0.5, 0.6) is 0 Å². The molecule has 0 spiro atoms. The van der Waals surface area contributed by atoms with Crippen molar-refractivity contribution in [1.29, 1.82) is 0 Å². The van der Waals surface area contributed by atoms with Gasteiger partial charge in [0.25, 0.3) is 5.91 Å². The lowest BCUT2D eigenvalue weighted by Crippen LogP contribution is -2.31. The van der Waals surface area contributed by atoms with Crippen LogP contribution in [0.15, 0.2) is 28.5 Å². The minimum absolute atomic E-state index is 0. The third-order valence-corrected chi connectivity index (χ3v) is 5.27. The van der Waals surface area contributed by atoms with Crippen molar-refractivity contribution in [3.05, 3.63) is 45.7 Å². The highest BCUT2D eigenvalue weighted by molar-refractivity contribution is 7.99. The Balaban J connectivity index is 0.00000176. The Hall–Kier alpha value is -1.15. The molecule has 0 saturated carbocycles. The van der Waals surface area contributed by atoms with Gasteiger partial charge in [-0.1, -0.05) is 0 Å². The molecule has 1 amide bonds. The number of benzene rings is 1. The summed E-state index contributed by atoms with van der Waals surface area (Å²) in [7, 11) is 0. The van der Waals surface area contributed by atoms with Gasteiger partial charge < -0.3 is 11.1 Å². The zero-order valence-electron chi connectivity index (χ0n) is 11.5. The van der Waals surface area contributed by atoms with E-state index in [9.17, 15) is 9.18 Å². The molecule has 118 valence electrons. The number of aromatic nitrogens is 1. The fraction of sp³-hybridized carbons (Fsp3) is 0.286. The quantitative estimate of drug-likeness (QED) is 0.883. The second-order valence-electron chi connectivity index (χ2n) is 4.68. The van der Waals surface area contributed by atoms with Crippen molar-refractivity contribution >= 4 is 41.4 Å². The smallest absolute Gasteiger partial charge is 0.271 e. The van der Waals surface area contributed by atoms with Gasteiger partial charge in [-0.2, -0.15) is 0 Å². The number of carbonyl (C=O) groups excluding carboxylic acids is 1. The van der Waals surface area contributed by atoms with Gasteiger partial charge in [0.2, 0.25) is 0 Å². The minimum atomic E-state index is -0.283. The first kappa shape index (κ1) is 17.2. The molecular formula is C14H15ClFN3OS2. The van der Waals surface area contributed by atoms with E-state index in [4.69, 9.17) is 5.73 Å². The van der Waals surface area contributed by atoms with Gasteiger partial charge in [-0.25, -0.2) is 9.37 Å². The first-order chi connectivity index (χ1) is 10.2. The molecule has 0 fully saturated rings. The number of thiazole rings is 1.